The molecule has 2 aromatic carbocycles. The minimum atomic E-state index is -0.326. The van der Waals surface area contributed by atoms with E-state index in [0.29, 0.717) is 26.4 Å². The number of ether oxygens (including phenoxy) is 5. The van der Waals surface area contributed by atoms with Crippen molar-refractivity contribution < 1.29 is 23.7 Å². The summed E-state index contributed by atoms with van der Waals surface area (Å²) in [6, 6.07) is 16.1. The predicted molar refractivity (Wildman–Crippen MR) is 97.7 cm³/mol. The molecule has 142 valence electrons. The van der Waals surface area contributed by atoms with Crippen molar-refractivity contribution in [1.82, 2.24) is 4.90 Å². The number of nitrogens with zero attached hydrogens (tertiary/aromatic N) is 1. The van der Waals surface area contributed by atoms with Crippen molar-refractivity contribution >= 4 is 0 Å². The maximum absolute atomic E-state index is 6.47. The third kappa shape index (κ3) is 3.41. The molecular formula is C21H23NO5. The van der Waals surface area contributed by atoms with Crippen LogP contribution in [0.1, 0.15) is 23.5 Å². The molecule has 2 aromatic rings. The second-order valence-electron chi connectivity index (χ2n) is 6.89. The number of rotatable bonds is 3. The molecule has 0 aromatic heterocycles. The van der Waals surface area contributed by atoms with Gasteiger partial charge in [-0.15, -0.1) is 0 Å². The summed E-state index contributed by atoms with van der Waals surface area (Å²) in [4.78, 5) is 2.29. The molecule has 5 rings (SSSR count). The van der Waals surface area contributed by atoms with Gasteiger partial charge in [0.15, 0.2) is 30.1 Å². The van der Waals surface area contributed by atoms with Crippen LogP contribution in [0.3, 0.4) is 0 Å². The van der Waals surface area contributed by atoms with E-state index in [-0.39, 0.29) is 18.6 Å². The van der Waals surface area contributed by atoms with Gasteiger partial charge in [0.2, 0.25) is 0 Å². The molecule has 6 heteroatoms. The zero-order valence-corrected chi connectivity index (χ0v) is 15.1. The van der Waals surface area contributed by atoms with Crippen molar-refractivity contribution in [2.45, 2.75) is 18.6 Å². The molecule has 0 amide bonds. The van der Waals surface area contributed by atoms with Crippen LogP contribution in [-0.4, -0.2) is 50.6 Å². The monoisotopic (exact) mass is 369 g/mol. The topological polar surface area (TPSA) is 49.4 Å². The van der Waals surface area contributed by atoms with E-state index in [2.05, 4.69) is 17.0 Å². The lowest BCUT2D eigenvalue weighted by Gasteiger charge is -2.42. The molecule has 0 bridgehead atoms. The molecule has 27 heavy (non-hydrogen) atoms. The summed E-state index contributed by atoms with van der Waals surface area (Å²) in [5.41, 5.74) is 2.06. The molecule has 2 saturated heterocycles. The lowest BCUT2D eigenvalue weighted by atomic mass is 10.0. The molecule has 2 fully saturated rings. The fraction of sp³-hybridized carbons (Fsp3) is 0.429. The van der Waals surface area contributed by atoms with Gasteiger partial charge in [0, 0.05) is 18.7 Å². The first-order valence-corrected chi connectivity index (χ1v) is 9.46. The first-order valence-electron chi connectivity index (χ1n) is 9.46. The van der Waals surface area contributed by atoms with Crippen molar-refractivity contribution in [3.63, 3.8) is 0 Å². The highest BCUT2D eigenvalue weighted by Crippen LogP contribution is 2.42. The highest BCUT2D eigenvalue weighted by Gasteiger charge is 2.38. The van der Waals surface area contributed by atoms with Crippen LogP contribution in [0.4, 0.5) is 0 Å². The Bertz CT molecular complexity index is 771. The highest BCUT2D eigenvalue weighted by atomic mass is 16.7. The van der Waals surface area contributed by atoms with Gasteiger partial charge in [-0.2, -0.15) is 0 Å². The Labute approximate surface area is 158 Å². The molecule has 0 N–H and O–H groups in total. The van der Waals surface area contributed by atoms with Crippen molar-refractivity contribution in [3.8, 4) is 11.5 Å². The third-order valence-corrected chi connectivity index (χ3v) is 5.16. The Balaban J connectivity index is 1.47. The summed E-state index contributed by atoms with van der Waals surface area (Å²) in [6.45, 7) is 4.29. The van der Waals surface area contributed by atoms with Crippen LogP contribution in [0.25, 0.3) is 0 Å². The summed E-state index contributed by atoms with van der Waals surface area (Å²) in [6.07, 6.45) is -0.723. The van der Waals surface area contributed by atoms with E-state index in [0.717, 1.165) is 35.7 Å². The lowest BCUT2D eigenvalue weighted by Crippen LogP contribution is -2.51. The average Bonchev–Trinajstić information content (AvgIpc) is 3.29. The summed E-state index contributed by atoms with van der Waals surface area (Å²) in [5.74, 6) is 1.48. The first-order chi connectivity index (χ1) is 13.4. The Kier molecular flexibility index (Phi) is 4.71. The Morgan fingerprint density at radius 3 is 2.30 bits per heavy atom. The zero-order valence-electron chi connectivity index (χ0n) is 15.1. The van der Waals surface area contributed by atoms with Crippen molar-refractivity contribution in [2.75, 3.05) is 39.5 Å². The molecular weight excluding hydrogens is 346 g/mol. The van der Waals surface area contributed by atoms with Crippen molar-refractivity contribution in [2.24, 2.45) is 0 Å². The number of hydrogen-bond donors (Lipinski definition) is 0. The molecule has 0 radical (unpaired) electrons. The van der Waals surface area contributed by atoms with Gasteiger partial charge in [0.05, 0.1) is 26.4 Å². The van der Waals surface area contributed by atoms with E-state index in [1.807, 2.05) is 36.4 Å². The summed E-state index contributed by atoms with van der Waals surface area (Å²) in [7, 11) is 0. The molecule has 0 saturated carbocycles. The van der Waals surface area contributed by atoms with Crippen molar-refractivity contribution in [3.05, 3.63) is 59.7 Å². The lowest BCUT2D eigenvalue weighted by molar-refractivity contribution is -0.109. The Morgan fingerprint density at radius 1 is 0.741 bits per heavy atom. The van der Waals surface area contributed by atoms with Gasteiger partial charge >= 0.3 is 0 Å². The zero-order chi connectivity index (χ0) is 18.1. The van der Waals surface area contributed by atoms with Crippen LogP contribution in [0.15, 0.2) is 48.5 Å². The number of morpholine rings is 1. The van der Waals surface area contributed by atoms with Crippen LogP contribution in [-0.2, 0) is 14.2 Å². The van der Waals surface area contributed by atoms with E-state index >= 15 is 0 Å². The van der Waals surface area contributed by atoms with Gasteiger partial charge in [-0.05, 0) is 17.7 Å². The van der Waals surface area contributed by atoms with E-state index < -0.39 is 0 Å². The van der Waals surface area contributed by atoms with Crippen LogP contribution < -0.4 is 9.47 Å². The summed E-state index contributed by atoms with van der Waals surface area (Å²) in [5, 5.41) is 0. The fourth-order valence-electron chi connectivity index (χ4n) is 3.77. The standard InChI is InChI=1S/C21H23NO5/c1-2-4-15(5-3-1)19-20(22-8-10-23-11-9-22)27-18-14-16(6-7-17(18)26-19)21-24-12-13-25-21/h1-7,14,19-21H,8-13H2. The number of benzene rings is 2. The third-order valence-electron chi connectivity index (χ3n) is 5.16. The molecule has 3 aliphatic heterocycles. The van der Waals surface area contributed by atoms with Gasteiger partial charge < -0.3 is 23.7 Å². The molecule has 3 heterocycles. The van der Waals surface area contributed by atoms with Crippen LogP contribution in [0, 0.1) is 0 Å². The normalized spacial score (nSPS) is 26.2. The number of fused-ring (bicyclic) bond motifs is 1. The summed E-state index contributed by atoms with van der Waals surface area (Å²) >= 11 is 0. The van der Waals surface area contributed by atoms with E-state index in [9.17, 15) is 0 Å². The molecule has 3 aliphatic rings. The highest BCUT2D eigenvalue weighted by molar-refractivity contribution is 5.45. The Hall–Kier alpha value is -2.12. The summed E-state index contributed by atoms with van der Waals surface area (Å²) < 4.78 is 29.6. The van der Waals surface area contributed by atoms with Gasteiger partial charge in [0.1, 0.15) is 0 Å². The van der Waals surface area contributed by atoms with Gasteiger partial charge in [-0.1, -0.05) is 36.4 Å². The average molecular weight is 369 g/mol. The number of hydrogen-bond acceptors (Lipinski definition) is 6. The quantitative estimate of drug-likeness (QED) is 0.829. The van der Waals surface area contributed by atoms with Crippen LogP contribution in [0.2, 0.25) is 0 Å². The van der Waals surface area contributed by atoms with Gasteiger partial charge in [-0.25, -0.2) is 0 Å². The van der Waals surface area contributed by atoms with E-state index in [1.165, 1.54) is 0 Å². The van der Waals surface area contributed by atoms with E-state index in [4.69, 9.17) is 23.7 Å². The minimum absolute atomic E-state index is 0.193. The van der Waals surface area contributed by atoms with Gasteiger partial charge in [-0.3, -0.25) is 4.90 Å². The molecule has 6 nitrogen and oxygen atoms in total. The minimum Gasteiger partial charge on any atom is -0.476 e. The predicted octanol–water partition coefficient (Wildman–Crippen LogP) is 2.90. The maximum Gasteiger partial charge on any atom is 0.194 e. The van der Waals surface area contributed by atoms with Gasteiger partial charge in [0.25, 0.3) is 0 Å². The maximum atomic E-state index is 6.47. The largest absolute Gasteiger partial charge is 0.476 e. The SMILES string of the molecule is c1ccc(C2Oc3ccc(C4OCCO4)cc3OC2N2CCOCC2)cc1. The Morgan fingerprint density at radius 2 is 1.52 bits per heavy atom. The van der Waals surface area contributed by atoms with E-state index in [1.54, 1.807) is 0 Å². The second-order valence-corrected chi connectivity index (χ2v) is 6.89. The van der Waals surface area contributed by atoms with Crippen molar-refractivity contribution in [1.29, 1.82) is 0 Å². The van der Waals surface area contributed by atoms with Crippen LogP contribution >= 0.6 is 0 Å². The van der Waals surface area contributed by atoms with Crippen LogP contribution in [0.5, 0.6) is 11.5 Å². The smallest absolute Gasteiger partial charge is 0.194 e. The fourth-order valence-corrected chi connectivity index (χ4v) is 3.77. The molecule has 0 aliphatic carbocycles. The molecule has 0 spiro atoms. The first kappa shape index (κ1) is 17.0. The molecule has 2 unspecified atom stereocenters. The molecule has 2 atom stereocenters. The second kappa shape index (κ2) is 7.48.